The van der Waals surface area contributed by atoms with Crippen molar-refractivity contribution < 1.29 is 29.0 Å². The highest BCUT2D eigenvalue weighted by Crippen LogP contribution is 2.59. The van der Waals surface area contributed by atoms with Crippen molar-refractivity contribution in [2.45, 2.75) is 70.1 Å². The number of aryl methyl sites for hydroxylation is 2. The van der Waals surface area contributed by atoms with Crippen LogP contribution in [0.3, 0.4) is 0 Å². The van der Waals surface area contributed by atoms with Gasteiger partial charge in [-0.15, -0.1) is 13.2 Å². The third kappa shape index (κ3) is 4.80. The molecular formula is C30H40N2O6. The number of ether oxygens (including phenoxy) is 2. The number of likely N-dealkylation sites (tertiary alicyclic amines) is 1. The lowest BCUT2D eigenvalue weighted by molar-refractivity contribution is -0.155. The standard InChI is InChI=1S/C30H40N2O6/c1-5-7-19-37-29(36)23-22-14-15-30(38-22)24(23)27(34)32(17-9-8-10-18-33)26(30)28(35)31(16-6-2)25-20(3)12-11-13-21(25)4/h5-6,11-13,22-24,26,33H,1-2,7-10,14-19H2,3-4H3/t22-,23+,24+,26?,30?/m1/s1. The average molecular weight is 525 g/mol. The molecule has 3 saturated heterocycles. The Morgan fingerprint density at radius 3 is 2.61 bits per heavy atom. The van der Waals surface area contributed by atoms with Crippen molar-refractivity contribution in [2.24, 2.45) is 11.8 Å². The third-order valence-electron chi connectivity index (χ3n) is 8.22. The van der Waals surface area contributed by atoms with Gasteiger partial charge in [-0.25, -0.2) is 0 Å². The number of aliphatic hydroxyl groups is 1. The number of aliphatic hydroxyl groups excluding tert-OH is 1. The number of esters is 1. The highest BCUT2D eigenvalue weighted by Gasteiger charge is 2.75. The molecule has 3 fully saturated rings. The highest BCUT2D eigenvalue weighted by atomic mass is 16.6. The largest absolute Gasteiger partial charge is 0.465 e. The zero-order valence-corrected chi connectivity index (χ0v) is 22.6. The summed E-state index contributed by atoms with van der Waals surface area (Å²) in [6, 6.07) is 5.03. The molecule has 1 aromatic carbocycles. The van der Waals surface area contributed by atoms with Crippen LogP contribution in [-0.4, -0.2) is 71.8 Å². The normalized spacial score (nSPS) is 27.3. The van der Waals surface area contributed by atoms with Crippen molar-refractivity contribution in [2.75, 3.05) is 31.2 Å². The fourth-order valence-corrected chi connectivity index (χ4v) is 6.65. The molecule has 206 valence electrons. The summed E-state index contributed by atoms with van der Waals surface area (Å²) >= 11 is 0. The lowest BCUT2D eigenvalue weighted by Gasteiger charge is -2.37. The van der Waals surface area contributed by atoms with E-state index in [-0.39, 0.29) is 31.6 Å². The second-order valence-corrected chi connectivity index (χ2v) is 10.6. The molecule has 8 nitrogen and oxygen atoms in total. The Balaban J connectivity index is 1.73. The third-order valence-corrected chi connectivity index (χ3v) is 8.22. The summed E-state index contributed by atoms with van der Waals surface area (Å²) in [5.41, 5.74) is 1.63. The number of hydrogen-bond acceptors (Lipinski definition) is 6. The van der Waals surface area contributed by atoms with E-state index in [0.29, 0.717) is 38.6 Å². The number of carbonyl (C=O) groups is 3. The first-order chi connectivity index (χ1) is 18.3. The molecule has 1 spiro atoms. The maximum absolute atomic E-state index is 14.5. The van der Waals surface area contributed by atoms with E-state index in [2.05, 4.69) is 13.2 Å². The molecular weight excluding hydrogens is 484 g/mol. The SMILES string of the molecule is C=CCCOC(=O)[C@@H]1[C@H]2C(=O)N(CCCCCO)C(C(=O)N(CC=C)c3c(C)cccc3C)C23CC[C@H]1O3. The highest BCUT2D eigenvalue weighted by molar-refractivity contribution is 6.05. The fraction of sp³-hybridized carbons (Fsp3) is 0.567. The van der Waals surface area contributed by atoms with Crippen LogP contribution in [0.2, 0.25) is 0 Å². The van der Waals surface area contributed by atoms with E-state index in [1.54, 1.807) is 22.0 Å². The number of fused-ring (bicyclic) bond motifs is 1. The number of carbonyl (C=O) groups excluding carboxylic acids is 3. The second kappa shape index (κ2) is 11.8. The topological polar surface area (TPSA) is 96.4 Å². The molecule has 0 aliphatic carbocycles. The minimum atomic E-state index is -1.08. The minimum Gasteiger partial charge on any atom is -0.465 e. The number of unbranched alkanes of at least 4 members (excludes halogenated alkanes) is 2. The summed E-state index contributed by atoms with van der Waals surface area (Å²) in [4.78, 5) is 45.1. The Morgan fingerprint density at radius 1 is 1.21 bits per heavy atom. The lowest BCUT2D eigenvalue weighted by atomic mass is 9.70. The van der Waals surface area contributed by atoms with Crippen molar-refractivity contribution in [3.63, 3.8) is 0 Å². The molecule has 1 N–H and O–H groups in total. The van der Waals surface area contributed by atoms with Gasteiger partial charge in [-0.1, -0.05) is 30.4 Å². The molecule has 5 atom stereocenters. The molecule has 2 bridgehead atoms. The van der Waals surface area contributed by atoms with Crippen LogP contribution in [0, 0.1) is 25.7 Å². The smallest absolute Gasteiger partial charge is 0.312 e. The summed E-state index contributed by atoms with van der Waals surface area (Å²) in [5, 5.41) is 9.23. The first-order valence-corrected chi connectivity index (χ1v) is 13.7. The van der Waals surface area contributed by atoms with E-state index in [1.807, 2.05) is 32.0 Å². The van der Waals surface area contributed by atoms with Gasteiger partial charge in [0.05, 0.1) is 24.5 Å². The Morgan fingerprint density at radius 2 is 1.95 bits per heavy atom. The van der Waals surface area contributed by atoms with Crippen molar-refractivity contribution in [1.82, 2.24) is 4.90 Å². The maximum Gasteiger partial charge on any atom is 0.312 e. The number of amides is 2. The molecule has 0 radical (unpaired) electrons. The minimum absolute atomic E-state index is 0.0754. The Bertz CT molecular complexity index is 1070. The van der Waals surface area contributed by atoms with Gasteiger partial charge in [-0.2, -0.15) is 0 Å². The number of para-hydroxylation sites is 1. The summed E-state index contributed by atoms with van der Waals surface area (Å²) in [5.74, 6) is -2.37. The number of nitrogens with zero attached hydrogens (tertiary/aromatic N) is 2. The quantitative estimate of drug-likeness (QED) is 0.241. The van der Waals surface area contributed by atoms with Gasteiger partial charge < -0.3 is 24.4 Å². The molecule has 2 amide bonds. The fourth-order valence-electron chi connectivity index (χ4n) is 6.65. The summed E-state index contributed by atoms with van der Waals surface area (Å²) in [6.45, 7) is 12.4. The second-order valence-electron chi connectivity index (χ2n) is 10.6. The van der Waals surface area contributed by atoms with Gasteiger partial charge in [0.25, 0.3) is 5.91 Å². The first-order valence-electron chi connectivity index (χ1n) is 13.7. The summed E-state index contributed by atoms with van der Waals surface area (Å²) < 4.78 is 12.0. The molecule has 4 rings (SSSR count). The van der Waals surface area contributed by atoms with Crippen LogP contribution >= 0.6 is 0 Å². The predicted molar refractivity (Wildman–Crippen MR) is 144 cm³/mol. The van der Waals surface area contributed by atoms with Gasteiger partial charge in [-0.05, 0) is 63.5 Å². The van der Waals surface area contributed by atoms with E-state index >= 15 is 0 Å². The number of rotatable bonds is 13. The van der Waals surface area contributed by atoms with Crippen LogP contribution in [0.5, 0.6) is 0 Å². The first kappa shape index (κ1) is 28.0. The van der Waals surface area contributed by atoms with Crippen molar-refractivity contribution in [3.05, 3.63) is 54.6 Å². The van der Waals surface area contributed by atoms with Crippen molar-refractivity contribution in [1.29, 1.82) is 0 Å². The average Bonchev–Trinajstić information content (AvgIpc) is 3.53. The van der Waals surface area contributed by atoms with Crippen LogP contribution in [0.15, 0.2) is 43.5 Å². The molecule has 1 aromatic rings. The van der Waals surface area contributed by atoms with E-state index < -0.39 is 35.6 Å². The van der Waals surface area contributed by atoms with Gasteiger partial charge in [0, 0.05) is 25.4 Å². The maximum atomic E-state index is 14.5. The Hall–Kier alpha value is -2.97. The number of hydrogen-bond donors (Lipinski definition) is 1. The van der Waals surface area contributed by atoms with E-state index in [9.17, 15) is 19.5 Å². The van der Waals surface area contributed by atoms with Crippen LogP contribution < -0.4 is 4.90 Å². The van der Waals surface area contributed by atoms with Crippen LogP contribution in [0.4, 0.5) is 5.69 Å². The van der Waals surface area contributed by atoms with Gasteiger partial charge in [0.2, 0.25) is 5.91 Å². The monoisotopic (exact) mass is 524 g/mol. The molecule has 38 heavy (non-hydrogen) atoms. The molecule has 3 aliphatic heterocycles. The molecule has 3 heterocycles. The van der Waals surface area contributed by atoms with Crippen LogP contribution in [0.1, 0.15) is 49.7 Å². The van der Waals surface area contributed by atoms with E-state index in [0.717, 1.165) is 23.2 Å². The zero-order chi connectivity index (χ0) is 27.4. The van der Waals surface area contributed by atoms with Crippen molar-refractivity contribution in [3.8, 4) is 0 Å². The lowest BCUT2D eigenvalue weighted by Crippen LogP contribution is -2.56. The molecule has 3 aliphatic rings. The van der Waals surface area contributed by atoms with Crippen molar-refractivity contribution >= 4 is 23.5 Å². The Kier molecular flexibility index (Phi) is 8.73. The number of benzene rings is 1. The van der Waals surface area contributed by atoms with E-state index in [1.165, 1.54) is 0 Å². The molecule has 2 unspecified atom stereocenters. The van der Waals surface area contributed by atoms with Gasteiger partial charge in [0.15, 0.2) is 0 Å². The van der Waals surface area contributed by atoms with Crippen LogP contribution in [-0.2, 0) is 23.9 Å². The van der Waals surface area contributed by atoms with E-state index in [4.69, 9.17) is 9.47 Å². The van der Waals surface area contributed by atoms with Gasteiger partial charge in [-0.3, -0.25) is 14.4 Å². The van der Waals surface area contributed by atoms with Crippen LogP contribution in [0.25, 0.3) is 0 Å². The molecule has 0 saturated carbocycles. The summed E-state index contributed by atoms with van der Waals surface area (Å²) in [6.07, 6.45) is 6.56. The van der Waals surface area contributed by atoms with Gasteiger partial charge in [0.1, 0.15) is 11.6 Å². The molecule has 0 aromatic heterocycles. The summed E-state index contributed by atoms with van der Waals surface area (Å²) in [7, 11) is 0. The Labute approximate surface area is 225 Å². The predicted octanol–water partition coefficient (Wildman–Crippen LogP) is 3.48. The molecule has 8 heteroatoms. The van der Waals surface area contributed by atoms with Gasteiger partial charge >= 0.3 is 5.97 Å². The number of anilines is 1. The zero-order valence-electron chi connectivity index (χ0n) is 22.6.